The quantitative estimate of drug-likeness (QED) is 0.113. The lowest BCUT2D eigenvalue weighted by atomic mass is 9.98. The minimum atomic E-state index is -2.91. The number of carbonyl (C=O) groups excluding carboxylic acids is 6. The summed E-state index contributed by atoms with van der Waals surface area (Å²) >= 11 is 0. The maximum Gasteiger partial charge on any atom is 0.334 e. The summed E-state index contributed by atoms with van der Waals surface area (Å²) in [6.07, 6.45) is -2.16. The average molecular weight is 551 g/mol. The number of esters is 6. The molecule has 0 rings (SSSR count). The predicted molar refractivity (Wildman–Crippen MR) is 133 cm³/mol. The van der Waals surface area contributed by atoms with E-state index in [4.69, 9.17) is 28.4 Å². The zero-order valence-electron chi connectivity index (χ0n) is 21.3. The van der Waals surface area contributed by atoms with E-state index < -0.39 is 72.6 Å². The molecule has 0 saturated heterocycles. The predicted octanol–water partition coefficient (Wildman–Crippen LogP) is 1.63. The van der Waals surface area contributed by atoms with Gasteiger partial charge in [0.25, 0.3) is 5.79 Å². The standard InChI is InChI=1S/C26H30O13/c1-8-18(28)34-24(35-19(29)9-2)26(38-22(32)12-5,39-23(33)13-6)16-17(27)15-25(14-7,36-20(30)10-3)37-21(31)11-4/h8-13,17,24,27H,1-6,14-16H2,7H3. The second-order valence-corrected chi connectivity index (χ2v) is 7.25. The summed E-state index contributed by atoms with van der Waals surface area (Å²) in [7, 11) is 0. The van der Waals surface area contributed by atoms with Crippen molar-refractivity contribution in [1.29, 1.82) is 0 Å². The minimum Gasteiger partial charge on any atom is -0.419 e. The summed E-state index contributed by atoms with van der Waals surface area (Å²) in [6.45, 7) is 20.8. The summed E-state index contributed by atoms with van der Waals surface area (Å²) < 4.78 is 30.6. The molecule has 0 bridgehead atoms. The van der Waals surface area contributed by atoms with Crippen LogP contribution in [0.15, 0.2) is 75.9 Å². The molecule has 13 nitrogen and oxygen atoms in total. The van der Waals surface area contributed by atoms with E-state index in [2.05, 4.69) is 39.5 Å². The maximum absolute atomic E-state index is 12.3. The van der Waals surface area contributed by atoms with Crippen LogP contribution < -0.4 is 0 Å². The first-order valence-corrected chi connectivity index (χ1v) is 11.1. The van der Waals surface area contributed by atoms with Crippen LogP contribution in [0.1, 0.15) is 26.2 Å². The van der Waals surface area contributed by atoms with Crippen molar-refractivity contribution >= 4 is 35.8 Å². The fraction of sp³-hybridized carbons (Fsp3) is 0.308. The molecular formula is C26H30O13. The van der Waals surface area contributed by atoms with Gasteiger partial charge in [0.2, 0.25) is 0 Å². The number of rotatable bonds is 18. The van der Waals surface area contributed by atoms with Crippen LogP contribution in [-0.4, -0.2) is 64.9 Å². The number of carbonyl (C=O) groups is 6. The highest BCUT2D eigenvalue weighted by Gasteiger charge is 2.54. The number of aliphatic hydroxyl groups is 1. The topological polar surface area (TPSA) is 178 Å². The lowest BCUT2D eigenvalue weighted by molar-refractivity contribution is -0.316. The fourth-order valence-corrected chi connectivity index (χ4v) is 2.83. The summed E-state index contributed by atoms with van der Waals surface area (Å²) in [5.41, 5.74) is 0. The van der Waals surface area contributed by atoms with Gasteiger partial charge in [0.1, 0.15) is 0 Å². The Labute approximate surface area is 224 Å². The van der Waals surface area contributed by atoms with Crippen LogP contribution in [0.2, 0.25) is 0 Å². The Morgan fingerprint density at radius 3 is 1.26 bits per heavy atom. The van der Waals surface area contributed by atoms with Gasteiger partial charge in [-0.25, -0.2) is 28.8 Å². The zero-order valence-corrected chi connectivity index (χ0v) is 21.3. The van der Waals surface area contributed by atoms with Gasteiger partial charge >= 0.3 is 47.9 Å². The van der Waals surface area contributed by atoms with Crippen LogP contribution in [0.3, 0.4) is 0 Å². The zero-order chi connectivity index (χ0) is 30.2. The van der Waals surface area contributed by atoms with Crippen LogP contribution in [0.5, 0.6) is 0 Å². The Hall–Kier alpha value is -4.78. The van der Waals surface area contributed by atoms with Gasteiger partial charge in [-0.3, -0.25) is 0 Å². The molecule has 0 aliphatic rings. The molecule has 1 N–H and O–H groups in total. The third kappa shape index (κ3) is 11.0. The summed E-state index contributed by atoms with van der Waals surface area (Å²) in [5, 5.41) is 11.0. The van der Waals surface area contributed by atoms with Gasteiger partial charge in [0.15, 0.2) is 0 Å². The van der Waals surface area contributed by atoms with Gasteiger partial charge in [-0.2, -0.15) is 0 Å². The lowest BCUT2D eigenvalue weighted by Crippen LogP contribution is -2.56. The first kappa shape index (κ1) is 34.2. The Balaban J connectivity index is 6.92. The SMILES string of the molecule is C=CC(=O)OC(OC(=O)C=C)C(CC(O)CC(CC)(OC(=O)C=C)OC(=O)C=C)(OC(=O)C=C)OC(=O)C=C. The van der Waals surface area contributed by atoms with Gasteiger partial charge in [0.05, 0.1) is 18.9 Å². The lowest BCUT2D eigenvalue weighted by Gasteiger charge is -2.39. The fourth-order valence-electron chi connectivity index (χ4n) is 2.83. The average Bonchev–Trinajstić information content (AvgIpc) is 2.91. The summed E-state index contributed by atoms with van der Waals surface area (Å²) in [4.78, 5) is 72.6. The van der Waals surface area contributed by atoms with E-state index in [0.29, 0.717) is 24.3 Å². The van der Waals surface area contributed by atoms with Crippen molar-refractivity contribution in [2.45, 2.75) is 50.2 Å². The molecule has 0 amide bonds. The van der Waals surface area contributed by atoms with Crippen molar-refractivity contribution in [2.75, 3.05) is 0 Å². The van der Waals surface area contributed by atoms with Crippen molar-refractivity contribution in [2.24, 2.45) is 0 Å². The normalized spacial score (nSPS) is 11.5. The number of hydrogen-bond donors (Lipinski definition) is 1. The van der Waals surface area contributed by atoms with Gasteiger partial charge in [0, 0.05) is 42.9 Å². The highest BCUT2D eigenvalue weighted by Crippen LogP contribution is 2.34. The van der Waals surface area contributed by atoms with Crippen LogP contribution in [0.25, 0.3) is 0 Å². The van der Waals surface area contributed by atoms with E-state index in [-0.39, 0.29) is 6.42 Å². The first-order valence-electron chi connectivity index (χ1n) is 11.1. The molecule has 0 aromatic rings. The van der Waals surface area contributed by atoms with Gasteiger partial charge < -0.3 is 33.5 Å². The van der Waals surface area contributed by atoms with Crippen molar-refractivity contribution < 1.29 is 62.3 Å². The molecule has 0 aromatic carbocycles. The molecule has 0 radical (unpaired) electrons. The maximum atomic E-state index is 12.3. The molecule has 0 aliphatic carbocycles. The van der Waals surface area contributed by atoms with Gasteiger partial charge in [-0.05, 0) is 0 Å². The Bertz CT molecular complexity index is 957. The Kier molecular flexibility index (Phi) is 14.2. The van der Waals surface area contributed by atoms with Crippen molar-refractivity contribution in [1.82, 2.24) is 0 Å². The van der Waals surface area contributed by atoms with E-state index in [0.717, 1.165) is 12.2 Å². The molecule has 0 fully saturated rings. The Morgan fingerprint density at radius 2 is 0.949 bits per heavy atom. The third-order valence-corrected chi connectivity index (χ3v) is 4.53. The molecule has 0 aromatic heterocycles. The minimum absolute atomic E-state index is 0.227. The monoisotopic (exact) mass is 550 g/mol. The molecule has 0 spiro atoms. The highest BCUT2D eigenvalue weighted by molar-refractivity contribution is 5.85. The van der Waals surface area contributed by atoms with E-state index in [1.165, 1.54) is 6.92 Å². The van der Waals surface area contributed by atoms with Gasteiger partial charge in [-0.15, -0.1) is 0 Å². The Morgan fingerprint density at radius 1 is 0.615 bits per heavy atom. The largest absolute Gasteiger partial charge is 0.419 e. The first-order chi connectivity index (χ1) is 18.3. The highest BCUT2D eigenvalue weighted by atomic mass is 16.8. The summed E-state index contributed by atoms with van der Waals surface area (Å²) in [6, 6.07) is 0. The summed E-state index contributed by atoms with van der Waals surface area (Å²) in [5.74, 6) is -12.2. The third-order valence-electron chi connectivity index (χ3n) is 4.53. The molecular weight excluding hydrogens is 520 g/mol. The smallest absolute Gasteiger partial charge is 0.334 e. The molecule has 39 heavy (non-hydrogen) atoms. The van der Waals surface area contributed by atoms with Gasteiger partial charge in [-0.1, -0.05) is 46.4 Å². The number of aliphatic hydroxyl groups excluding tert-OH is 1. The van der Waals surface area contributed by atoms with E-state index in [1.807, 2.05) is 0 Å². The molecule has 0 aliphatic heterocycles. The molecule has 1 atom stereocenters. The number of hydrogen-bond acceptors (Lipinski definition) is 13. The van der Waals surface area contributed by atoms with Crippen LogP contribution in [0.4, 0.5) is 0 Å². The molecule has 13 heteroatoms. The second kappa shape index (κ2) is 16.1. The number of ether oxygens (including phenoxy) is 6. The van der Waals surface area contributed by atoms with E-state index in [9.17, 15) is 33.9 Å². The molecule has 0 heterocycles. The van der Waals surface area contributed by atoms with Crippen LogP contribution >= 0.6 is 0 Å². The van der Waals surface area contributed by atoms with E-state index >= 15 is 0 Å². The second-order valence-electron chi connectivity index (χ2n) is 7.25. The molecule has 212 valence electrons. The molecule has 1 unspecified atom stereocenters. The van der Waals surface area contributed by atoms with Crippen molar-refractivity contribution in [3.63, 3.8) is 0 Å². The van der Waals surface area contributed by atoms with Crippen LogP contribution in [-0.2, 0) is 57.2 Å². The van der Waals surface area contributed by atoms with E-state index in [1.54, 1.807) is 0 Å². The molecule has 0 saturated carbocycles. The van der Waals surface area contributed by atoms with Crippen LogP contribution in [0, 0.1) is 0 Å². The van der Waals surface area contributed by atoms with Crippen molar-refractivity contribution in [3.8, 4) is 0 Å². The van der Waals surface area contributed by atoms with Crippen molar-refractivity contribution in [3.05, 3.63) is 75.9 Å².